The summed E-state index contributed by atoms with van der Waals surface area (Å²) in [5, 5.41) is 0. The van der Waals surface area contributed by atoms with Crippen LogP contribution in [0.15, 0.2) is 22.8 Å². The Labute approximate surface area is 115 Å². The second-order valence-corrected chi connectivity index (χ2v) is 4.42. The third-order valence-corrected chi connectivity index (χ3v) is 2.46. The molecule has 0 saturated carbocycles. The SMILES string of the molecule is CCOC(=O)C(C(=O)OCC)=C(C)CCC=C(C)C. The number of ether oxygens (including phenoxy) is 2. The van der Waals surface area contributed by atoms with Crippen molar-refractivity contribution in [2.45, 2.75) is 47.5 Å². The van der Waals surface area contributed by atoms with Crippen molar-refractivity contribution < 1.29 is 19.1 Å². The normalized spacial score (nSPS) is 9.53. The van der Waals surface area contributed by atoms with Crippen molar-refractivity contribution in [1.29, 1.82) is 0 Å². The molecule has 108 valence electrons. The number of carbonyl (C=O) groups excluding carboxylic acids is 2. The molecule has 0 atom stereocenters. The average Bonchev–Trinajstić information content (AvgIpc) is 2.29. The van der Waals surface area contributed by atoms with E-state index in [-0.39, 0.29) is 18.8 Å². The molecule has 0 aliphatic carbocycles. The molecule has 0 aromatic rings. The molecule has 0 N–H and O–H groups in total. The molecule has 4 heteroatoms. The topological polar surface area (TPSA) is 52.6 Å². The van der Waals surface area contributed by atoms with Gasteiger partial charge in [0.25, 0.3) is 0 Å². The quantitative estimate of drug-likeness (QED) is 0.234. The van der Waals surface area contributed by atoms with Gasteiger partial charge in [0.2, 0.25) is 0 Å². The van der Waals surface area contributed by atoms with Crippen molar-refractivity contribution in [3.63, 3.8) is 0 Å². The molecule has 0 bridgehead atoms. The molecular formula is C15H24O4. The first-order chi connectivity index (χ1) is 8.93. The molecule has 0 aliphatic rings. The highest BCUT2D eigenvalue weighted by molar-refractivity contribution is 6.14. The lowest BCUT2D eigenvalue weighted by Gasteiger charge is -2.10. The molecule has 0 heterocycles. The molecule has 0 aliphatic heterocycles. The third-order valence-electron chi connectivity index (χ3n) is 2.46. The molecule has 0 saturated heterocycles. The van der Waals surface area contributed by atoms with Crippen LogP contribution in [-0.2, 0) is 19.1 Å². The van der Waals surface area contributed by atoms with Crippen LogP contribution in [0.4, 0.5) is 0 Å². The molecule has 0 amide bonds. The van der Waals surface area contributed by atoms with Gasteiger partial charge in [-0.1, -0.05) is 17.2 Å². The summed E-state index contributed by atoms with van der Waals surface area (Å²) in [6.07, 6.45) is 3.49. The number of rotatable bonds is 7. The highest BCUT2D eigenvalue weighted by Gasteiger charge is 2.23. The van der Waals surface area contributed by atoms with E-state index in [1.165, 1.54) is 5.57 Å². The van der Waals surface area contributed by atoms with Gasteiger partial charge < -0.3 is 9.47 Å². The standard InChI is InChI=1S/C15H24O4/c1-6-18-14(16)13(15(17)19-7-2)12(5)10-8-9-11(3)4/h9H,6-8,10H2,1-5H3. The minimum absolute atomic E-state index is 0.0332. The second kappa shape index (κ2) is 9.36. The third kappa shape index (κ3) is 6.79. The van der Waals surface area contributed by atoms with E-state index < -0.39 is 11.9 Å². The number of carbonyl (C=O) groups is 2. The average molecular weight is 268 g/mol. The predicted octanol–water partition coefficient (Wildman–Crippen LogP) is 3.18. The summed E-state index contributed by atoms with van der Waals surface area (Å²) in [6, 6.07) is 0. The Morgan fingerprint density at radius 2 is 1.42 bits per heavy atom. The van der Waals surface area contributed by atoms with E-state index in [4.69, 9.17) is 9.47 Å². The van der Waals surface area contributed by atoms with Crippen LogP contribution >= 0.6 is 0 Å². The molecule has 0 fully saturated rings. The molecule has 0 aromatic carbocycles. The van der Waals surface area contributed by atoms with Gasteiger partial charge in [-0.25, -0.2) is 9.59 Å². The smallest absolute Gasteiger partial charge is 0.345 e. The summed E-state index contributed by atoms with van der Waals surface area (Å²) in [7, 11) is 0. The van der Waals surface area contributed by atoms with E-state index in [2.05, 4.69) is 6.08 Å². The van der Waals surface area contributed by atoms with E-state index in [1.807, 2.05) is 13.8 Å². The van der Waals surface area contributed by atoms with E-state index >= 15 is 0 Å². The maximum absolute atomic E-state index is 11.8. The maximum atomic E-state index is 11.8. The Bertz CT molecular complexity index is 354. The first-order valence-corrected chi connectivity index (χ1v) is 6.61. The lowest BCUT2D eigenvalue weighted by atomic mass is 10.0. The first kappa shape index (κ1) is 17.4. The molecule has 0 rings (SSSR count). The molecule has 0 aromatic heterocycles. The van der Waals surface area contributed by atoms with Crippen LogP contribution in [0, 0.1) is 0 Å². The molecular weight excluding hydrogens is 244 g/mol. The fourth-order valence-corrected chi connectivity index (χ4v) is 1.54. The van der Waals surface area contributed by atoms with Gasteiger partial charge in [0.05, 0.1) is 13.2 Å². The van der Waals surface area contributed by atoms with Crippen LogP contribution in [0.5, 0.6) is 0 Å². The highest BCUT2D eigenvalue weighted by atomic mass is 16.6. The number of hydrogen-bond donors (Lipinski definition) is 0. The minimum Gasteiger partial charge on any atom is -0.462 e. The van der Waals surface area contributed by atoms with Crippen molar-refractivity contribution in [2.75, 3.05) is 13.2 Å². The summed E-state index contributed by atoms with van der Waals surface area (Å²) in [5.41, 5.74) is 1.95. The lowest BCUT2D eigenvalue weighted by Crippen LogP contribution is -2.20. The van der Waals surface area contributed by atoms with Crippen molar-refractivity contribution >= 4 is 11.9 Å². The van der Waals surface area contributed by atoms with Crippen molar-refractivity contribution in [2.24, 2.45) is 0 Å². The number of allylic oxidation sites excluding steroid dienone is 3. The van der Waals surface area contributed by atoms with Gasteiger partial charge in [0.15, 0.2) is 0 Å². The fourth-order valence-electron chi connectivity index (χ4n) is 1.54. The highest BCUT2D eigenvalue weighted by Crippen LogP contribution is 2.15. The van der Waals surface area contributed by atoms with Crippen LogP contribution in [0.3, 0.4) is 0 Å². The van der Waals surface area contributed by atoms with Crippen molar-refractivity contribution in [3.05, 3.63) is 22.8 Å². The maximum Gasteiger partial charge on any atom is 0.345 e. The van der Waals surface area contributed by atoms with Crippen molar-refractivity contribution in [1.82, 2.24) is 0 Å². The summed E-state index contributed by atoms with van der Waals surface area (Å²) in [5.74, 6) is -1.20. The van der Waals surface area contributed by atoms with E-state index in [1.54, 1.807) is 20.8 Å². The Morgan fingerprint density at radius 3 is 1.79 bits per heavy atom. The van der Waals surface area contributed by atoms with Gasteiger partial charge in [-0.15, -0.1) is 0 Å². The first-order valence-electron chi connectivity index (χ1n) is 6.61. The van der Waals surface area contributed by atoms with Gasteiger partial charge >= 0.3 is 11.9 Å². The van der Waals surface area contributed by atoms with Gasteiger partial charge in [-0.3, -0.25) is 0 Å². The summed E-state index contributed by atoms with van der Waals surface area (Å²) < 4.78 is 9.81. The van der Waals surface area contributed by atoms with Crippen LogP contribution in [0.1, 0.15) is 47.5 Å². The second-order valence-electron chi connectivity index (χ2n) is 4.42. The molecule has 4 nitrogen and oxygen atoms in total. The Balaban J connectivity index is 5.01. The predicted molar refractivity (Wildman–Crippen MR) is 74.6 cm³/mol. The van der Waals surface area contributed by atoms with Crippen LogP contribution in [0.2, 0.25) is 0 Å². The van der Waals surface area contributed by atoms with Gasteiger partial charge in [0, 0.05) is 0 Å². The van der Waals surface area contributed by atoms with Crippen LogP contribution in [-0.4, -0.2) is 25.2 Å². The fraction of sp³-hybridized carbons (Fsp3) is 0.600. The largest absolute Gasteiger partial charge is 0.462 e. The van der Waals surface area contributed by atoms with Gasteiger partial charge in [-0.05, 0) is 47.5 Å². The molecule has 0 unspecified atom stereocenters. The summed E-state index contributed by atoms with van der Waals surface area (Å²) in [4.78, 5) is 23.6. The number of hydrogen-bond acceptors (Lipinski definition) is 4. The molecule has 0 radical (unpaired) electrons. The van der Waals surface area contributed by atoms with Crippen LogP contribution in [0.25, 0.3) is 0 Å². The van der Waals surface area contributed by atoms with Crippen LogP contribution < -0.4 is 0 Å². The van der Waals surface area contributed by atoms with Crippen molar-refractivity contribution in [3.8, 4) is 0 Å². The molecule has 0 spiro atoms. The monoisotopic (exact) mass is 268 g/mol. The van der Waals surface area contributed by atoms with E-state index in [9.17, 15) is 9.59 Å². The van der Waals surface area contributed by atoms with E-state index in [0.717, 1.165) is 6.42 Å². The number of esters is 2. The van der Waals surface area contributed by atoms with E-state index in [0.29, 0.717) is 12.0 Å². The Kier molecular flexibility index (Phi) is 8.58. The summed E-state index contributed by atoms with van der Waals surface area (Å²) in [6.45, 7) is 9.68. The summed E-state index contributed by atoms with van der Waals surface area (Å²) >= 11 is 0. The van der Waals surface area contributed by atoms with Gasteiger partial charge in [-0.2, -0.15) is 0 Å². The minimum atomic E-state index is -0.601. The zero-order chi connectivity index (χ0) is 14.8. The Morgan fingerprint density at radius 1 is 0.947 bits per heavy atom. The molecule has 19 heavy (non-hydrogen) atoms. The zero-order valence-corrected chi connectivity index (χ0v) is 12.5. The van der Waals surface area contributed by atoms with Gasteiger partial charge in [0.1, 0.15) is 5.57 Å². The zero-order valence-electron chi connectivity index (χ0n) is 12.5. The Hall–Kier alpha value is -1.58. The lowest BCUT2D eigenvalue weighted by molar-refractivity contribution is -0.146.